The van der Waals surface area contributed by atoms with E-state index in [0.29, 0.717) is 0 Å². The number of nitrogens with one attached hydrogen (secondary N) is 1. The molecule has 0 amide bonds. The molecule has 1 unspecified atom stereocenters. The average molecular weight is 224 g/mol. The summed E-state index contributed by atoms with van der Waals surface area (Å²) in [6.07, 6.45) is 9.93. The van der Waals surface area contributed by atoms with Crippen molar-refractivity contribution in [1.29, 1.82) is 0 Å². The molecule has 2 fully saturated rings. The maximum absolute atomic E-state index is 3.63. The minimum absolute atomic E-state index is 0.763. The first kappa shape index (κ1) is 12.4. The maximum Gasteiger partial charge on any atom is 0.00979 e. The Balaban J connectivity index is 1.68. The fourth-order valence-corrected chi connectivity index (χ4v) is 3.12. The third-order valence-electron chi connectivity index (χ3n) is 4.30. The summed E-state index contributed by atoms with van der Waals surface area (Å²) in [6, 6.07) is 2.52. The van der Waals surface area contributed by atoms with Gasteiger partial charge in [-0.15, -0.1) is 0 Å². The molecule has 1 atom stereocenters. The van der Waals surface area contributed by atoms with E-state index in [0.717, 1.165) is 18.1 Å². The monoisotopic (exact) mass is 224 g/mol. The number of hydrogen-bond acceptors (Lipinski definition) is 2. The number of nitrogens with zero attached hydrogens (tertiary/aromatic N) is 1. The van der Waals surface area contributed by atoms with Crippen molar-refractivity contribution in [2.24, 2.45) is 0 Å². The van der Waals surface area contributed by atoms with Gasteiger partial charge in [-0.1, -0.05) is 19.8 Å². The lowest BCUT2D eigenvalue weighted by Gasteiger charge is -2.33. The fourth-order valence-electron chi connectivity index (χ4n) is 3.12. The molecule has 2 rings (SSSR count). The molecular formula is C14H28N2. The molecule has 0 saturated heterocycles. The van der Waals surface area contributed by atoms with Crippen LogP contribution in [0.2, 0.25) is 0 Å². The third-order valence-corrected chi connectivity index (χ3v) is 4.30. The molecule has 2 aliphatic carbocycles. The first-order chi connectivity index (χ1) is 7.81. The predicted molar refractivity (Wildman–Crippen MR) is 69.7 cm³/mol. The molecule has 16 heavy (non-hydrogen) atoms. The van der Waals surface area contributed by atoms with Crippen molar-refractivity contribution in [3.05, 3.63) is 0 Å². The van der Waals surface area contributed by atoms with Crippen LogP contribution in [0.5, 0.6) is 0 Å². The molecule has 0 aromatic heterocycles. The largest absolute Gasteiger partial charge is 0.314 e. The van der Waals surface area contributed by atoms with Gasteiger partial charge in [-0.25, -0.2) is 0 Å². The van der Waals surface area contributed by atoms with E-state index in [4.69, 9.17) is 0 Å². The van der Waals surface area contributed by atoms with E-state index < -0.39 is 0 Å². The summed E-state index contributed by atoms with van der Waals surface area (Å²) in [7, 11) is 0. The normalized spacial score (nSPS) is 24.2. The van der Waals surface area contributed by atoms with E-state index in [1.807, 2.05) is 0 Å². The highest BCUT2D eigenvalue weighted by Gasteiger charge is 2.25. The van der Waals surface area contributed by atoms with Gasteiger partial charge in [0.1, 0.15) is 0 Å². The Morgan fingerprint density at radius 1 is 1.19 bits per heavy atom. The van der Waals surface area contributed by atoms with Gasteiger partial charge in [-0.3, -0.25) is 4.90 Å². The third kappa shape index (κ3) is 3.46. The van der Waals surface area contributed by atoms with Crippen molar-refractivity contribution in [2.45, 2.75) is 76.9 Å². The second-order valence-electron chi connectivity index (χ2n) is 5.63. The zero-order valence-corrected chi connectivity index (χ0v) is 11.0. The van der Waals surface area contributed by atoms with Crippen LogP contribution in [0.1, 0.15) is 58.8 Å². The molecule has 2 heteroatoms. The molecular weight excluding hydrogens is 196 g/mol. The topological polar surface area (TPSA) is 15.3 Å². The molecule has 0 spiro atoms. The summed E-state index contributed by atoms with van der Waals surface area (Å²) in [6.45, 7) is 7.18. The first-order valence-electron chi connectivity index (χ1n) is 7.30. The Morgan fingerprint density at radius 3 is 2.44 bits per heavy atom. The summed E-state index contributed by atoms with van der Waals surface area (Å²) < 4.78 is 0. The zero-order valence-electron chi connectivity index (χ0n) is 11.0. The lowest BCUT2D eigenvalue weighted by atomic mass is 10.1. The average Bonchev–Trinajstić information content (AvgIpc) is 2.94. The van der Waals surface area contributed by atoms with E-state index in [9.17, 15) is 0 Å². The van der Waals surface area contributed by atoms with Gasteiger partial charge in [0.25, 0.3) is 0 Å². The zero-order chi connectivity index (χ0) is 11.4. The molecule has 0 bridgehead atoms. The summed E-state index contributed by atoms with van der Waals surface area (Å²) >= 11 is 0. The molecule has 0 heterocycles. The minimum atomic E-state index is 0.763. The second kappa shape index (κ2) is 6.02. The first-order valence-corrected chi connectivity index (χ1v) is 7.30. The predicted octanol–water partition coefficient (Wildman–Crippen LogP) is 2.78. The minimum Gasteiger partial charge on any atom is -0.314 e. The van der Waals surface area contributed by atoms with E-state index in [1.165, 1.54) is 58.0 Å². The van der Waals surface area contributed by atoms with Crippen LogP contribution in [0.4, 0.5) is 0 Å². The Hall–Kier alpha value is -0.0800. The van der Waals surface area contributed by atoms with Crippen molar-refractivity contribution < 1.29 is 0 Å². The van der Waals surface area contributed by atoms with Crippen molar-refractivity contribution >= 4 is 0 Å². The molecule has 0 radical (unpaired) electrons. The van der Waals surface area contributed by atoms with E-state index in [1.54, 1.807) is 0 Å². The van der Waals surface area contributed by atoms with Crippen LogP contribution >= 0.6 is 0 Å². The SMILES string of the molecule is CCN(C(C)CCNC1CC1)C1CCCC1. The van der Waals surface area contributed by atoms with Crippen LogP contribution in [0.15, 0.2) is 0 Å². The molecule has 1 N–H and O–H groups in total. The van der Waals surface area contributed by atoms with Gasteiger partial charge >= 0.3 is 0 Å². The van der Waals surface area contributed by atoms with Crippen molar-refractivity contribution in [1.82, 2.24) is 10.2 Å². The van der Waals surface area contributed by atoms with Crippen LogP contribution in [0, 0.1) is 0 Å². The summed E-state index contributed by atoms with van der Waals surface area (Å²) in [5.74, 6) is 0. The van der Waals surface area contributed by atoms with Crippen LogP contribution in [0.3, 0.4) is 0 Å². The molecule has 0 aromatic rings. The summed E-state index contributed by atoms with van der Waals surface area (Å²) in [5.41, 5.74) is 0. The van der Waals surface area contributed by atoms with E-state index in [2.05, 4.69) is 24.1 Å². The highest BCUT2D eigenvalue weighted by molar-refractivity contribution is 4.83. The van der Waals surface area contributed by atoms with Gasteiger partial charge in [0.2, 0.25) is 0 Å². The molecule has 2 saturated carbocycles. The highest BCUT2D eigenvalue weighted by Crippen LogP contribution is 2.25. The van der Waals surface area contributed by atoms with Crippen LogP contribution in [-0.2, 0) is 0 Å². The van der Waals surface area contributed by atoms with E-state index in [-0.39, 0.29) is 0 Å². The van der Waals surface area contributed by atoms with Crippen molar-refractivity contribution in [3.8, 4) is 0 Å². The number of rotatable bonds is 7. The molecule has 0 aliphatic heterocycles. The van der Waals surface area contributed by atoms with Crippen LogP contribution < -0.4 is 5.32 Å². The van der Waals surface area contributed by atoms with Gasteiger partial charge in [0.05, 0.1) is 0 Å². The standard InChI is InChI=1S/C14H28N2/c1-3-16(14-6-4-5-7-14)12(2)10-11-15-13-8-9-13/h12-15H,3-11H2,1-2H3. The molecule has 2 nitrogen and oxygen atoms in total. The second-order valence-corrected chi connectivity index (χ2v) is 5.63. The van der Waals surface area contributed by atoms with Crippen molar-refractivity contribution in [2.75, 3.05) is 13.1 Å². The quantitative estimate of drug-likeness (QED) is 0.715. The van der Waals surface area contributed by atoms with Gasteiger partial charge in [0, 0.05) is 18.1 Å². The lowest BCUT2D eigenvalue weighted by Crippen LogP contribution is -2.41. The van der Waals surface area contributed by atoms with Crippen molar-refractivity contribution in [3.63, 3.8) is 0 Å². The maximum atomic E-state index is 3.63. The Bertz CT molecular complexity index is 195. The molecule has 94 valence electrons. The Labute approximate surface area is 101 Å². The highest BCUT2D eigenvalue weighted by atomic mass is 15.2. The van der Waals surface area contributed by atoms with Gasteiger partial charge < -0.3 is 5.32 Å². The molecule has 0 aromatic carbocycles. The lowest BCUT2D eigenvalue weighted by molar-refractivity contribution is 0.146. The Morgan fingerprint density at radius 2 is 1.88 bits per heavy atom. The van der Waals surface area contributed by atoms with E-state index >= 15 is 0 Å². The van der Waals surface area contributed by atoms with Gasteiger partial charge in [-0.05, 0) is 52.1 Å². The summed E-state index contributed by atoms with van der Waals surface area (Å²) in [5, 5.41) is 3.63. The van der Waals surface area contributed by atoms with Gasteiger partial charge in [0.15, 0.2) is 0 Å². The fraction of sp³-hybridized carbons (Fsp3) is 1.00. The van der Waals surface area contributed by atoms with Gasteiger partial charge in [-0.2, -0.15) is 0 Å². The molecule has 2 aliphatic rings. The smallest absolute Gasteiger partial charge is 0.00979 e. The van der Waals surface area contributed by atoms with Crippen LogP contribution in [0.25, 0.3) is 0 Å². The summed E-state index contributed by atoms with van der Waals surface area (Å²) in [4.78, 5) is 2.74. The Kier molecular flexibility index (Phi) is 4.66. The van der Waals surface area contributed by atoms with Crippen LogP contribution in [-0.4, -0.2) is 36.1 Å². The number of hydrogen-bond donors (Lipinski definition) is 1.